The van der Waals surface area contributed by atoms with E-state index in [0.29, 0.717) is 11.6 Å². The van der Waals surface area contributed by atoms with Gasteiger partial charge in [-0.3, -0.25) is 0 Å². The molecule has 1 fully saturated rings. The molecule has 1 aliphatic rings. The van der Waals surface area contributed by atoms with Crippen LogP contribution in [-0.2, 0) is 0 Å². The fraction of sp³-hybridized carbons (Fsp3) is 0.333. The first-order valence-corrected chi connectivity index (χ1v) is 7.00. The summed E-state index contributed by atoms with van der Waals surface area (Å²) < 4.78 is 13.6. The molecule has 0 radical (unpaired) electrons. The average molecular weight is 287 g/mol. The molecule has 1 aromatic heterocycles. The largest absolute Gasteiger partial charge is 0.354 e. The molecule has 0 aliphatic carbocycles. The molecule has 0 atom stereocenters. The number of likely N-dealkylation sites (N-methyl/N-ethyl adjacent to an activating group) is 1. The highest BCUT2D eigenvalue weighted by molar-refractivity contribution is 5.55. The minimum atomic E-state index is -0.314. The van der Waals surface area contributed by atoms with Crippen molar-refractivity contribution in [1.29, 1.82) is 0 Å². The molecule has 0 spiro atoms. The third kappa shape index (κ3) is 3.28. The average Bonchev–Trinajstić information content (AvgIpc) is 2.51. The summed E-state index contributed by atoms with van der Waals surface area (Å²) >= 11 is 0. The summed E-state index contributed by atoms with van der Waals surface area (Å²) in [6, 6.07) is 8.39. The van der Waals surface area contributed by atoms with Gasteiger partial charge in [-0.1, -0.05) is 12.1 Å². The number of para-hydroxylation sites is 1. The maximum atomic E-state index is 13.6. The van der Waals surface area contributed by atoms with Crippen LogP contribution in [0.4, 0.5) is 21.8 Å². The van der Waals surface area contributed by atoms with Crippen molar-refractivity contribution in [2.45, 2.75) is 0 Å². The lowest BCUT2D eigenvalue weighted by Crippen LogP contribution is -2.44. The highest BCUT2D eigenvalue weighted by Gasteiger charge is 2.15. The van der Waals surface area contributed by atoms with Crippen molar-refractivity contribution in [1.82, 2.24) is 14.9 Å². The molecule has 2 heterocycles. The van der Waals surface area contributed by atoms with Gasteiger partial charge < -0.3 is 15.1 Å². The van der Waals surface area contributed by atoms with Crippen molar-refractivity contribution in [2.24, 2.45) is 0 Å². The topological polar surface area (TPSA) is 44.3 Å². The molecule has 1 N–H and O–H groups in total. The number of piperazine rings is 1. The van der Waals surface area contributed by atoms with E-state index in [-0.39, 0.29) is 5.82 Å². The van der Waals surface area contributed by atoms with Gasteiger partial charge in [0.25, 0.3) is 0 Å². The van der Waals surface area contributed by atoms with Crippen molar-refractivity contribution in [3.8, 4) is 0 Å². The Morgan fingerprint density at radius 2 is 1.86 bits per heavy atom. The normalized spacial score (nSPS) is 16.0. The SMILES string of the molecule is CN1CCN(c2ccnc(Nc3ccccc3F)n2)CC1. The van der Waals surface area contributed by atoms with Gasteiger partial charge in [0.05, 0.1) is 5.69 Å². The third-order valence-electron chi connectivity index (χ3n) is 3.59. The van der Waals surface area contributed by atoms with Crippen LogP contribution in [0.2, 0.25) is 0 Å². The molecular weight excluding hydrogens is 269 g/mol. The van der Waals surface area contributed by atoms with E-state index < -0.39 is 0 Å². The lowest BCUT2D eigenvalue weighted by atomic mass is 10.3. The molecule has 1 saturated heterocycles. The zero-order chi connectivity index (χ0) is 14.7. The van der Waals surface area contributed by atoms with Gasteiger partial charge in [0.2, 0.25) is 5.95 Å². The van der Waals surface area contributed by atoms with Gasteiger partial charge in [-0.2, -0.15) is 4.98 Å². The van der Waals surface area contributed by atoms with Crippen LogP contribution < -0.4 is 10.2 Å². The van der Waals surface area contributed by atoms with Crippen molar-refractivity contribution < 1.29 is 4.39 Å². The van der Waals surface area contributed by atoms with Crippen molar-refractivity contribution >= 4 is 17.5 Å². The van der Waals surface area contributed by atoms with E-state index in [2.05, 4.69) is 32.1 Å². The second-order valence-corrected chi connectivity index (χ2v) is 5.13. The Morgan fingerprint density at radius 1 is 1.10 bits per heavy atom. The van der Waals surface area contributed by atoms with Crippen LogP contribution in [0.25, 0.3) is 0 Å². The van der Waals surface area contributed by atoms with Crippen molar-refractivity contribution in [3.63, 3.8) is 0 Å². The molecule has 6 heteroatoms. The van der Waals surface area contributed by atoms with E-state index in [1.165, 1.54) is 6.07 Å². The second-order valence-electron chi connectivity index (χ2n) is 5.13. The fourth-order valence-electron chi connectivity index (χ4n) is 2.30. The lowest BCUT2D eigenvalue weighted by molar-refractivity contribution is 0.312. The summed E-state index contributed by atoms with van der Waals surface area (Å²) in [6.07, 6.45) is 1.70. The monoisotopic (exact) mass is 287 g/mol. The standard InChI is InChI=1S/C15H18FN5/c1-20-8-10-21(11-9-20)14-6-7-17-15(19-14)18-13-5-3-2-4-12(13)16/h2-7H,8-11H2,1H3,(H,17,18,19). The first kappa shape index (κ1) is 13.8. The molecular formula is C15H18FN5. The fourth-order valence-corrected chi connectivity index (χ4v) is 2.30. The van der Waals surface area contributed by atoms with Crippen molar-refractivity contribution in [3.05, 3.63) is 42.3 Å². The molecule has 0 bridgehead atoms. The number of rotatable bonds is 3. The van der Waals surface area contributed by atoms with Gasteiger partial charge in [-0.05, 0) is 25.2 Å². The number of anilines is 3. The smallest absolute Gasteiger partial charge is 0.229 e. The van der Waals surface area contributed by atoms with Gasteiger partial charge >= 0.3 is 0 Å². The number of hydrogen-bond acceptors (Lipinski definition) is 5. The van der Waals surface area contributed by atoms with Gasteiger partial charge in [-0.15, -0.1) is 0 Å². The molecule has 0 unspecified atom stereocenters. The van der Waals surface area contributed by atoms with E-state index in [1.807, 2.05) is 6.07 Å². The van der Waals surface area contributed by atoms with Crippen LogP contribution in [-0.4, -0.2) is 48.1 Å². The van der Waals surface area contributed by atoms with E-state index in [4.69, 9.17) is 0 Å². The van der Waals surface area contributed by atoms with Crippen LogP contribution in [0.3, 0.4) is 0 Å². The summed E-state index contributed by atoms with van der Waals surface area (Å²) in [4.78, 5) is 13.1. The molecule has 5 nitrogen and oxygen atoms in total. The van der Waals surface area contributed by atoms with Crippen LogP contribution in [0, 0.1) is 5.82 Å². The zero-order valence-corrected chi connectivity index (χ0v) is 12.0. The zero-order valence-electron chi connectivity index (χ0n) is 12.0. The molecule has 21 heavy (non-hydrogen) atoms. The minimum absolute atomic E-state index is 0.314. The molecule has 1 aliphatic heterocycles. The predicted molar refractivity (Wildman–Crippen MR) is 81.4 cm³/mol. The Hall–Kier alpha value is -2.21. The van der Waals surface area contributed by atoms with Crippen molar-refractivity contribution in [2.75, 3.05) is 43.4 Å². The number of nitrogens with one attached hydrogen (secondary N) is 1. The van der Waals surface area contributed by atoms with Gasteiger partial charge in [0.1, 0.15) is 11.6 Å². The Balaban J connectivity index is 1.76. The Kier molecular flexibility index (Phi) is 3.96. The Morgan fingerprint density at radius 3 is 2.62 bits per heavy atom. The van der Waals surface area contributed by atoms with Crippen LogP contribution in [0.1, 0.15) is 0 Å². The van der Waals surface area contributed by atoms with Crippen LogP contribution >= 0.6 is 0 Å². The van der Waals surface area contributed by atoms with E-state index in [0.717, 1.165) is 32.0 Å². The Labute approximate surface area is 123 Å². The molecule has 110 valence electrons. The second kappa shape index (κ2) is 6.05. The summed E-state index contributed by atoms with van der Waals surface area (Å²) in [6.45, 7) is 3.90. The first-order chi connectivity index (χ1) is 10.2. The summed E-state index contributed by atoms with van der Waals surface area (Å²) in [7, 11) is 2.11. The minimum Gasteiger partial charge on any atom is -0.354 e. The van der Waals surface area contributed by atoms with Crippen LogP contribution in [0.15, 0.2) is 36.5 Å². The number of hydrogen-bond donors (Lipinski definition) is 1. The quantitative estimate of drug-likeness (QED) is 0.936. The summed E-state index contributed by atoms with van der Waals surface area (Å²) in [5.41, 5.74) is 0.382. The van der Waals surface area contributed by atoms with Gasteiger partial charge in [0, 0.05) is 32.4 Å². The lowest BCUT2D eigenvalue weighted by Gasteiger charge is -2.33. The number of halogens is 1. The highest BCUT2D eigenvalue weighted by atomic mass is 19.1. The maximum Gasteiger partial charge on any atom is 0.229 e. The summed E-state index contributed by atoms with van der Waals surface area (Å²) in [5.74, 6) is 0.972. The van der Waals surface area contributed by atoms with Gasteiger partial charge in [-0.25, -0.2) is 9.37 Å². The van der Waals surface area contributed by atoms with E-state index >= 15 is 0 Å². The van der Waals surface area contributed by atoms with E-state index in [1.54, 1.807) is 24.4 Å². The maximum absolute atomic E-state index is 13.6. The summed E-state index contributed by atoms with van der Waals surface area (Å²) in [5, 5.41) is 2.93. The number of nitrogens with zero attached hydrogens (tertiary/aromatic N) is 4. The number of aromatic nitrogens is 2. The number of benzene rings is 1. The third-order valence-corrected chi connectivity index (χ3v) is 3.59. The first-order valence-electron chi connectivity index (χ1n) is 7.00. The van der Waals surface area contributed by atoms with Gasteiger partial charge in [0.15, 0.2) is 0 Å². The van der Waals surface area contributed by atoms with Crippen LogP contribution in [0.5, 0.6) is 0 Å². The molecule has 0 amide bonds. The van der Waals surface area contributed by atoms with E-state index in [9.17, 15) is 4.39 Å². The molecule has 2 aromatic rings. The molecule has 1 aromatic carbocycles. The highest BCUT2D eigenvalue weighted by Crippen LogP contribution is 2.19. The molecule has 3 rings (SSSR count). The molecule has 0 saturated carbocycles. The predicted octanol–water partition coefficient (Wildman–Crippen LogP) is 2.11. The Bertz CT molecular complexity index is 611.